The van der Waals surface area contributed by atoms with Gasteiger partial charge in [-0.25, -0.2) is 0 Å². The third-order valence-corrected chi connectivity index (χ3v) is 4.13. The molecule has 0 aliphatic carbocycles. The van der Waals surface area contributed by atoms with Crippen LogP contribution in [0.15, 0.2) is 45.7 Å². The molecule has 0 aliphatic heterocycles. The Balaban J connectivity index is 1.34. The third-order valence-electron chi connectivity index (χ3n) is 3.72. The largest absolute Gasteiger partial charge is 0.484 e. The summed E-state index contributed by atoms with van der Waals surface area (Å²) < 4.78 is 12.5. The standard InChI is InChI=1S/C17H16BrN7O6/c18-11-7-21-24(8-11)9-14-22-17(31-23-14)16(27)20-6-5-19-15(26)10-30-13-3-1-12(2-4-13)25(28)29/h1-4,7-8H,5-6,9-10H2,(H,19,26)(H,20,27). The van der Waals surface area contributed by atoms with Gasteiger partial charge in [0.2, 0.25) is 0 Å². The molecule has 1 aromatic carbocycles. The fourth-order valence-electron chi connectivity index (χ4n) is 2.30. The van der Waals surface area contributed by atoms with E-state index in [0.717, 1.165) is 4.47 Å². The summed E-state index contributed by atoms with van der Waals surface area (Å²) in [6.45, 7) is 0.248. The zero-order valence-corrected chi connectivity index (χ0v) is 17.4. The van der Waals surface area contributed by atoms with Crippen LogP contribution < -0.4 is 15.4 Å². The van der Waals surface area contributed by atoms with E-state index < -0.39 is 16.7 Å². The van der Waals surface area contributed by atoms with Crippen molar-refractivity contribution in [1.82, 2.24) is 30.6 Å². The van der Waals surface area contributed by atoms with Gasteiger partial charge in [-0.3, -0.25) is 24.4 Å². The number of nitrogens with zero attached hydrogens (tertiary/aromatic N) is 5. The quantitative estimate of drug-likeness (QED) is 0.237. The summed E-state index contributed by atoms with van der Waals surface area (Å²) in [5.41, 5.74) is -0.0737. The molecule has 2 amide bonds. The van der Waals surface area contributed by atoms with E-state index >= 15 is 0 Å². The Bertz CT molecular complexity index is 1070. The summed E-state index contributed by atoms with van der Waals surface area (Å²) in [5.74, 6) is -0.579. The average molecular weight is 494 g/mol. The summed E-state index contributed by atoms with van der Waals surface area (Å²) in [6.07, 6.45) is 3.34. The van der Waals surface area contributed by atoms with Crippen LogP contribution in [0.2, 0.25) is 0 Å². The van der Waals surface area contributed by atoms with Crippen molar-refractivity contribution >= 4 is 33.4 Å². The second-order valence-corrected chi connectivity index (χ2v) is 6.93. The molecule has 2 aromatic heterocycles. The zero-order valence-electron chi connectivity index (χ0n) is 15.9. The Labute approximate surface area is 183 Å². The summed E-state index contributed by atoms with van der Waals surface area (Å²) in [5, 5.41) is 23.5. The number of hydrogen-bond donors (Lipinski definition) is 2. The number of aromatic nitrogens is 4. The van der Waals surface area contributed by atoms with E-state index in [1.54, 1.807) is 17.1 Å². The molecule has 0 atom stereocenters. The van der Waals surface area contributed by atoms with E-state index in [4.69, 9.17) is 9.26 Å². The first-order chi connectivity index (χ1) is 14.9. The Morgan fingerprint density at radius 2 is 1.97 bits per heavy atom. The first-order valence-corrected chi connectivity index (χ1v) is 9.62. The first kappa shape index (κ1) is 21.9. The van der Waals surface area contributed by atoms with E-state index in [0.29, 0.717) is 5.75 Å². The fraction of sp³-hybridized carbons (Fsp3) is 0.235. The maximum Gasteiger partial charge on any atom is 0.316 e. The van der Waals surface area contributed by atoms with E-state index in [1.807, 2.05) is 0 Å². The van der Waals surface area contributed by atoms with Gasteiger partial charge < -0.3 is 19.9 Å². The van der Waals surface area contributed by atoms with Crippen molar-refractivity contribution in [3.05, 3.63) is 63.0 Å². The van der Waals surface area contributed by atoms with Crippen molar-refractivity contribution in [2.75, 3.05) is 19.7 Å². The van der Waals surface area contributed by atoms with Crippen LogP contribution in [0.5, 0.6) is 5.75 Å². The molecule has 0 saturated heterocycles. The monoisotopic (exact) mass is 493 g/mol. The number of non-ortho nitro benzene ring substituents is 1. The highest BCUT2D eigenvalue weighted by Crippen LogP contribution is 2.17. The van der Waals surface area contributed by atoms with E-state index in [-0.39, 0.29) is 43.6 Å². The minimum Gasteiger partial charge on any atom is -0.484 e. The highest BCUT2D eigenvalue weighted by atomic mass is 79.9. The van der Waals surface area contributed by atoms with Crippen LogP contribution in [0.25, 0.3) is 0 Å². The number of hydrogen-bond acceptors (Lipinski definition) is 9. The Kier molecular flexibility index (Phi) is 7.26. The highest BCUT2D eigenvalue weighted by Gasteiger charge is 2.15. The van der Waals surface area contributed by atoms with E-state index in [2.05, 4.69) is 41.8 Å². The van der Waals surface area contributed by atoms with Crippen LogP contribution in [0, 0.1) is 10.1 Å². The third kappa shape index (κ3) is 6.60. The van der Waals surface area contributed by atoms with Gasteiger partial charge in [-0.1, -0.05) is 5.16 Å². The number of carbonyl (C=O) groups is 2. The molecule has 14 heteroatoms. The van der Waals surface area contributed by atoms with Gasteiger partial charge in [0, 0.05) is 31.4 Å². The van der Waals surface area contributed by atoms with Crippen molar-refractivity contribution in [2.24, 2.45) is 0 Å². The second kappa shape index (κ2) is 10.3. The number of nitro benzene ring substituents is 1. The molecular weight excluding hydrogens is 478 g/mol. The van der Waals surface area contributed by atoms with Crippen molar-refractivity contribution in [3.8, 4) is 5.75 Å². The van der Waals surface area contributed by atoms with Gasteiger partial charge in [-0.2, -0.15) is 10.1 Å². The number of rotatable bonds is 10. The second-order valence-electron chi connectivity index (χ2n) is 6.02. The molecule has 31 heavy (non-hydrogen) atoms. The number of nitro groups is 1. The maximum absolute atomic E-state index is 12.0. The molecule has 2 N–H and O–H groups in total. The lowest BCUT2D eigenvalue weighted by molar-refractivity contribution is -0.384. The highest BCUT2D eigenvalue weighted by molar-refractivity contribution is 9.10. The number of ether oxygens (including phenoxy) is 1. The molecule has 0 spiro atoms. The summed E-state index contributed by atoms with van der Waals surface area (Å²) in [6, 6.07) is 5.35. The number of nitrogens with one attached hydrogen (secondary N) is 2. The predicted octanol–water partition coefficient (Wildman–Crippen LogP) is 0.910. The van der Waals surface area contributed by atoms with Crippen LogP contribution in [-0.4, -0.2) is 56.4 Å². The van der Waals surface area contributed by atoms with Crippen LogP contribution in [-0.2, 0) is 11.3 Å². The SMILES string of the molecule is O=C(COc1ccc([N+](=O)[O-])cc1)NCCNC(=O)c1nc(Cn2cc(Br)cn2)no1. The lowest BCUT2D eigenvalue weighted by Gasteiger charge is -2.07. The molecule has 0 fully saturated rings. The Morgan fingerprint density at radius 3 is 2.65 bits per heavy atom. The lowest BCUT2D eigenvalue weighted by Crippen LogP contribution is -2.36. The number of halogens is 1. The van der Waals surface area contributed by atoms with Gasteiger partial charge in [-0.05, 0) is 28.1 Å². The van der Waals surface area contributed by atoms with E-state index in [1.165, 1.54) is 24.3 Å². The normalized spacial score (nSPS) is 10.5. The summed E-state index contributed by atoms with van der Waals surface area (Å²) >= 11 is 3.28. The molecule has 0 bridgehead atoms. The van der Waals surface area contributed by atoms with Crippen LogP contribution in [0.4, 0.5) is 5.69 Å². The minimum atomic E-state index is -0.572. The molecule has 0 radical (unpaired) electrons. The van der Waals surface area contributed by atoms with Crippen molar-refractivity contribution in [2.45, 2.75) is 6.54 Å². The van der Waals surface area contributed by atoms with Crippen LogP contribution >= 0.6 is 15.9 Å². The molecule has 2 heterocycles. The molecule has 3 rings (SSSR count). The van der Waals surface area contributed by atoms with Crippen molar-refractivity contribution < 1.29 is 23.8 Å². The van der Waals surface area contributed by atoms with Gasteiger partial charge in [0.15, 0.2) is 12.4 Å². The topological polar surface area (TPSA) is 167 Å². The molecule has 3 aromatic rings. The minimum absolute atomic E-state index is 0.0737. The molecular formula is C17H16BrN7O6. The Morgan fingerprint density at radius 1 is 1.23 bits per heavy atom. The Hall–Kier alpha value is -3.81. The van der Waals surface area contributed by atoms with Crippen LogP contribution in [0.3, 0.4) is 0 Å². The van der Waals surface area contributed by atoms with E-state index in [9.17, 15) is 19.7 Å². The molecule has 162 valence electrons. The molecule has 0 saturated carbocycles. The number of amides is 2. The summed E-state index contributed by atoms with van der Waals surface area (Å²) in [4.78, 5) is 37.9. The van der Waals surface area contributed by atoms with Crippen molar-refractivity contribution in [1.29, 1.82) is 0 Å². The molecule has 0 aliphatic rings. The van der Waals surface area contributed by atoms with Gasteiger partial charge in [0.1, 0.15) is 12.3 Å². The van der Waals surface area contributed by atoms with Gasteiger partial charge >= 0.3 is 11.8 Å². The lowest BCUT2D eigenvalue weighted by atomic mass is 10.3. The summed E-state index contributed by atoms with van der Waals surface area (Å²) in [7, 11) is 0. The molecule has 0 unspecified atom stereocenters. The van der Waals surface area contributed by atoms with Gasteiger partial charge in [-0.15, -0.1) is 0 Å². The van der Waals surface area contributed by atoms with Gasteiger partial charge in [0.25, 0.3) is 11.6 Å². The maximum atomic E-state index is 12.0. The first-order valence-electron chi connectivity index (χ1n) is 8.83. The average Bonchev–Trinajstić information content (AvgIpc) is 3.39. The zero-order chi connectivity index (χ0) is 22.2. The fourth-order valence-corrected chi connectivity index (χ4v) is 2.63. The van der Waals surface area contributed by atoms with Crippen molar-refractivity contribution in [3.63, 3.8) is 0 Å². The number of benzene rings is 1. The van der Waals surface area contributed by atoms with Crippen LogP contribution in [0.1, 0.15) is 16.5 Å². The smallest absolute Gasteiger partial charge is 0.316 e. The van der Waals surface area contributed by atoms with Gasteiger partial charge in [0.05, 0.1) is 15.6 Å². The number of carbonyl (C=O) groups excluding carboxylic acids is 2. The predicted molar refractivity (Wildman–Crippen MR) is 107 cm³/mol. The molecule has 13 nitrogen and oxygen atoms in total.